The number of hydrogen-bond acceptors (Lipinski definition) is 3. The van der Waals surface area contributed by atoms with Gasteiger partial charge in [-0.1, -0.05) is 17.7 Å². The van der Waals surface area contributed by atoms with E-state index in [1.807, 2.05) is 0 Å². The Morgan fingerprint density at radius 2 is 2.17 bits per heavy atom. The number of rotatable bonds is 4. The minimum atomic E-state index is -3.12. The minimum absolute atomic E-state index is 0.124. The molecule has 1 saturated heterocycles. The van der Waals surface area contributed by atoms with E-state index in [0.717, 1.165) is 0 Å². The van der Waals surface area contributed by atoms with Gasteiger partial charge in [0.2, 0.25) is 10.0 Å². The molecule has 1 aliphatic rings. The molecule has 0 atom stereocenters. The molecule has 0 radical (unpaired) electrons. The van der Waals surface area contributed by atoms with Gasteiger partial charge in [-0.25, -0.2) is 12.8 Å². The van der Waals surface area contributed by atoms with Gasteiger partial charge in [0, 0.05) is 18.1 Å². The zero-order valence-corrected chi connectivity index (χ0v) is 11.3. The first-order valence-electron chi connectivity index (χ1n) is 5.37. The summed E-state index contributed by atoms with van der Waals surface area (Å²) >= 11 is 5.85. The lowest BCUT2D eigenvalue weighted by molar-refractivity contribution is -0.0293. The fourth-order valence-electron chi connectivity index (χ4n) is 1.62. The smallest absolute Gasteiger partial charge is 0.211 e. The lowest BCUT2D eigenvalue weighted by Crippen LogP contribution is -2.54. The van der Waals surface area contributed by atoms with Crippen LogP contribution in [-0.2, 0) is 21.4 Å². The molecule has 0 bridgehead atoms. The summed E-state index contributed by atoms with van der Waals surface area (Å²) in [5, 5.41) is 0.314. The molecule has 0 spiro atoms. The third-order valence-corrected chi connectivity index (χ3v) is 4.36. The first-order valence-corrected chi connectivity index (χ1v) is 7.59. The molecule has 0 unspecified atom stereocenters. The molecule has 0 amide bonds. The van der Waals surface area contributed by atoms with Gasteiger partial charge in [-0.2, -0.15) is 4.31 Å². The Balaban J connectivity index is 1.84. The molecule has 18 heavy (non-hydrogen) atoms. The molecule has 0 aromatic heterocycles. The highest BCUT2D eigenvalue weighted by atomic mass is 35.5. The molecule has 1 heterocycles. The van der Waals surface area contributed by atoms with Crippen molar-refractivity contribution < 1.29 is 17.5 Å². The SMILES string of the molecule is CS(=O)(=O)N1CC(OCc2ccc(F)cc2Cl)C1. The summed E-state index contributed by atoms with van der Waals surface area (Å²) in [6.45, 7) is 0.969. The Hall–Kier alpha value is -0.690. The van der Waals surface area contributed by atoms with Gasteiger partial charge >= 0.3 is 0 Å². The fourth-order valence-corrected chi connectivity index (χ4v) is 2.72. The van der Waals surface area contributed by atoms with Gasteiger partial charge in [-0.15, -0.1) is 0 Å². The van der Waals surface area contributed by atoms with Crippen LogP contribution in [-0.4, -0.2) is 38.2 Å². The number of ether oxygens (including phenoxy) is 1. The summed E-state index contributed by atoms with van der Waals surface area (Å²) in [5.74, 6) is -0.393. The summed E-state index contributed by atoms with van der Waals surface area (Å²) in [6.07, 6.45) is 1.04. The average Bonchev–Trinajstić information content (AvgIpc) is 2.16. The number of benzene rings is 1. The maximum absolute atomic E-state index is 12.8. The molecule has 7 heteroatoms. The van der Waals surface area contributed by atoms with Crippen LogP contribution in [0.2, 0.25) is 5.02 Å². The molecular weight excluding hydrogens is 281 g/mol. The summed E-state index contributed by atoms with van der Waals surface area (Å²) in [7, 11) is -3.12. The molecule has 0 saturated carbocycles. The zero-order valence-electron chi connectivity index (χ0n) is 9.77. The van der Waals surface area contributed by atoms with E-state index in [9.17, 15) is 12.8 Å². The van der Waals surface area contributed by atoms with Gasteiger partial charge in [-0.05, 0) is 17.7 Å². The number of halogens is 2. The highest BCUT2D eigenvalue weighted by Gasteiger charge is 2.33. The molecule has 1 aliphatic heterocycles. The van der Waals surface area contributed by atoms with Crippen molar-refractivity contribution in [3.63, 3.8) is 0 Å². The van der Waals surface area contributed by atoms with Crippen molar-refractivity contribution in [1.29, 1.82) is 0 Å². The van der Waals surface area contributed by atoms with E-state index in [0.29, 0.717) is 23.7 Å². The second-order valence-corrected chi connectivity index (χ2v) is 6.64. The van der Waals surface area contributed by atoms with Crippen LogP contribution in [0.25, 0.3) is 0 Å². The van der Waals surface area contributed by atoms with E-state index in [-0.39, 0.29) is 12.7 Å². The molecule has 2 rings (SSSR count). The van der Waals surface area contributed by atoms with E-state index in [1.54, 1.807) is 6.07 Å². The second-order valence-electron chi connectivity index (χ2n) is 4.25. The highest BCUT2D eigenvalue weighted by Crippen LogP contribution is 2.21. The molecular formula is C11H13ClFNO3S. The van der Waals surface area contributed by atoms with Crippen LogP contribution < -0.4 is 0 Å². The first kappa shape index (κ1) is 13.7. The Bertz CT molecular complexity index is 543. The predicted octanol–water partition coefficient (Wildman–Crippen LogP) is 1.64. The van der Waals surface area contributed by atoms with Crippen LogP contribution in [0.5, 0.6) is 0 Å². The molecule has 1 fully saturated rings. The normalized spacial score (nSPS) is 17.7. The fraction of sp³-hybridized carbons (Fsp3) is 0.455. The summed E-state index contributed by atoms with van der Waals surface area (Å²) < 4.78 is 41.9. The van der Waals surface area contributed by atoms with Crippen LogP contribution in [0.3, 0.4) is 0 Å². The summed E-state index contributed by atoms with van der Waals surface area (Å²) in [4.78, 5) is 0. The quantitative estimate of drug-likeness (QED) is 0.848. The van der Waals surface area contributed by atoms with Crippen molar-refractivity contribution in [3.8, 4) is 0 Å². The van der Waals surface area contributed by atoms with Gasteiger partial charge < -0.3 is 4.74 Å². The Morgan fingerprint density at radius 1 is 1.50 bits per heavy atom. The average molecular weight is 294 g/mol. The zero-order chi connectivity index (χ0) is 13.3. The summed E-state index contributed by atoms with van der Waals surface area (Å²) in [6, 6.07) is 4.10. The van der Waals surface area contributed by atoms with E-state index >= 15 is 0 Å². The van der Waals surface area contributed by atoms with Gasteiger partial charge in [0.05, 0.1) is 19.0 Å². The van der Waals surface area contributed by atoms with Gasteiger partial charge in [-0.3, -0.25) is 0 Å². The molecule has 0 aliphatic carbocycles. The van der Waals surface area contributed by atoms with E-state index in [1.165, 1.54) is 22.7 Å². The molecule has 1 aromatic carbocycles. The number of nitrogens with zero attached hydrogens (tertiary/aromatic N) is 1. The van der Waals surface area contributed by atoms with Crippen LogP contribution in [0, 0.1) is 5.82 Å². The third kappa shape index (κ3) is 3.20. The maximum Gasteiger partial charge on any atom is 0.211 e. The molecule has 100 valence electrons. The van der Waals surface area contributed by atoms with Crippen LogP contribution in [0.4, 0.5) is 4.39 Å². The maximum atomic E-state index is 12.8. The topological polar surface area (TPSA) is 46.6 Å². The Labute approximate surface area is 110 Å². The second kappa shape index (κ2) is 5.13. The molecule has 1 aromatic rings. The largest absolute Gasteiger partial charge is 0.371 e. The van der Waals surface area contributed by atoms with Crippen molar-refractivity contribution in [2.45, 2.75) is 12.7 Å². The highest BCUT2D eigenvalue weighted by molar-refractivity contribution is 7.88. The summed E-state index contributed by atoms with van der Waals surface area (Å²) in [5.41, 5.74) is 0.691. The number of hydrogen-bond donors (Lipinski definition) is 0. The van der Waals surface area contributed by atoms with Crippen LogP contribution in [0.15, 0.2) is 18.2 Å². The van der Waals surface area contributed by atoms with Gasteiger partial charge in [0.25, 0.3) is 0 Å². The predicted molar refractivity (Wildman–Crippen MR) is 66.4 cm³/mol. The van der Waals surface area contributed by atoms with Gasteiger partial charge in [0.1, 0.15) is 5.82 Å². The molecule has 4 nitrogen and oxygen atoms in total. The van der Waals surface area contributed by atoms with E-state index in [2.05, 4.69) is 0 Å². The Kier molecular flexibility index (Phi) is 3.91. The van der Waals surface area contributed by atoms with Crippen molar-refractivity contribution in [2.24, 2.45) is 0 Å². The van der Waals surface area contributed by atoms with Gasteiger partial charge in [0.15, 0.2) is 0 Å². The van der Waals surface area contributed by atoms with Crippen molar-refractivity contribution >= 4 is 21.6 Å². The Morgan fingerprint density at radius 3 is 2.72 bits per heavy atom. The third-order valence-electron chi connectivity index (χ3n) is 2.77. The standard InChI is InChI=1S/C11H13ClFNO3S/c1-18(15,16)14-5-10(6-14)17-7-8-2-3-9(13)4-11(8)12/h2-4,10H,5-7H2,1H3. The van der Waals surface area contributed by atoms with Crippen molar-refractivity contribution in [3.05, 3.63) is 34.6 Å². The lowest BCUT2D eigenvalue weighted by atomic mass is 10.2. The van der Waals surface area contributed by atoms with E-state index in [4.69, 9.17) is 16.3 Å². The van der Waals surface area contributed by atoms with Crippen LogP contribution >= 0.6 is 11.6 Å². The molecule has 0 N–H and O–H groups in total. The first-order chi connectivity index (χ1) is 8.36. The van der Waals surface area contributed by atoms with Crippen molar-refractivity contribution in [2.75, 3.05) is 19.3 Å². The minimum Gasteiger partial charge on any atom is -0.371 e. The van der Waals surface area contributed by atoms with Crippen LogP contribution in [0.1, 0.15) is 5.56 Å². The number of sulfonamides is 1. The lowest BCUT2D eigenvalue weighted by Gasteiger charge is -2.36. The monoisotopic (exact) mass is 293 g/mol. The van der Waals surface area contributed by atoms with E-state index < -0.39 is 15.8 Å². The van der Waals surface area contributed by atoms with Crippen molar-refractivity contribution in [1.82, 2.24) is 4.31 Å².